The topological polar surface area (TPSA) is 55.4 Å². The van der Waals surface area contributed by atoms with E-state index >= 15 is 0 Å². The van der Waals surface area contributed by atoms with Crippen molar-refractivity contribution < 1.29 is 14.3 Å². The molecule has 1 unspecified atom stereocenters. The highest BCUT2D eigenvalue weighted by Gasteiger charge is 2.24. The summed E-state index contributed by atoms with van der Waals surface area (Å²) in [5, 5.41) is 3.67. The van der Waals surface area contributed by atoms with Gasteiger partial charge in [0.1, 0.15) is 0 Å². The lowest BCUT2D eigenvalue weighted by Crippen LogP contribution is -2.42. The minimum atomic E-state index is -0.588. The molecule has 0 aliphatic heterocycles. The number of carbonyl (C=O) groups excluding carboxylic acids is 2. The molecule has 0 aromatic heterocycles. The second-order valence-corrected chi connectivity index (χ2v) is 5.19. The van der Waals surface area contributed by atoms with Crippen molar-refractivity contribution in [3.63, 3.8) is 0 Å². The molecule has 0 radical (unpaired) electrons. The van der Waals surface area contributed by atoms with Gasteiger partial charge in [0, 0.05) is 16.6 Å². The van der Waals surface area contributed by atoms with Gasteiger partial charge in [-0.15, -0.1) is 0 Å². The summed E-state index contributed by atoms with van der Waals surface area (Å²) in [6, 6.07) is 6.13. The average molecular weight is 298 g/mol. The molecule has 1 N–H and O–H groups in total. The number of nitrogens with one attached hydrogen (secondary N) is 1. The number of ketones is 1. The maximum atomic E-state index is 12.4. The van der Waals surface area contributed by atoms with Crippen molar-refractivity contribution in [3.05, 3.63) is 34.9 Å². The average Bonchev–Trinajstić information content (AvgIpc) is 2.38. The lowest BCUT2D eigenvalue weighted by molar-refractivity contribution is -0.143. The molecular formula is C15H20ClNO3. The summed E-state index contributed by atoms with van der Waals surface area (Å²) < 4.78 is 4.91. The fourth-order valence-corrected chi connectivity index (χ4v) is 1.96. The van der Waals surface area contributed by atoms with Crippen molar-refractivity contribution >= 4 is 23.4 Å². The Hall–Kier alpha value is -1.39. The Morgan fingerprint density at radius 1 is 1.25 bits per heavy atom. The monoisotopic (exact) mass is 297 g/mol. The van der Waals surface area contributed by atoms with Crippen LogP contribution in [-0.2, 0) is 9.53 Å². The number of benzene rings is 1. The van der Waals surface area contributed by atoms with Gasteiger partial charge in [0.05, 0.1) is 19.1 Å². The second kappa shape index (κ2) is 8.02. The van der Waals surface area contributed by atoms with Gasteiger partial charge in [0.25, 0.3) is 0 Å². The molecule has 5 heteroatoms. The fraction of sp³-hybridized carbons (Fsp3) is 0.467. The quantitative estimate of drug-likeness (QED) is 0.621. The third-order valence-corrected chi connectivity index (χ3v) is 2.91. The lowest BCUT2D eigenvalue weighted by atomic mass is 10.0. The van der Waals surface area contributed by atoms with E-state index in [1.54, 1.807) is 31.2 Å². The number of rotatable bonds is 7. The first-order chi connectivity index (χ1) is 9.43. The van der Waals surface area contributed by atoms with E-state index in [1.165, 1.54) is 0 Å². The summed E-state index contributed by atoms with van der Waals surface area (Å²) in [5.74, 6) is -0.517. The van der Waals surface area contributed by atoms with Crippen LogP contribution in [0.3, 0.4) is 0 Å². The van der Waals surface area contributed by atoms with Crippen molar-refractivity contribution in [2.24, 2.45) is 0 Å². The van der Waals surface area contributed by atoms with E-state index in [1.807, 2.05) is 13.8 Å². The molecule has 1 atom stereocenters. The van der Waals surface area contributed by atoms with Crippen LogP contribution in [0, 0.1) is 0 Å². The molecule has 1 aromatic carbocycles. The van der Waals surface area contributed by atoms with E-state index in [9.17, 15) is 9.59 Å². The molecule has 0 aliphatic carbocycles. The zero-order valence-electron chi connectivity index (χ0n) is 12.0. The normalized spacial score (nSPS) is 12.2. The van der Waals surface area contributed by atoms with Gasteiger partial charge in [-0.1, -0.05) is 25.4 Å². The van der Waals surface area contributed by atoms with Gasteiger partial charge in [-0.3, -0.25) is 9.59 Å². The Balaban J connectivity index is 2.83. The first-order valence-electron chi connectivity index (χ1n) is 6.65. The van der Waals surface area contributed by atoms with Crippen LogP contribution in [0.15, 0.2) is 24.3 Å². The van der Waals surface area contributed by atoms with Gasteiger partial charge >= 0.3 is 5.97 Å². The standard InChI is InChI=1S/C15H20ClNO3/c1-4-20-14(18)9-13(17-10(2)3)15(19)11-5-7-12(16)8-6-11/h5-8,10,13,17H,4,9H2,1-3H3. The number of halogens is 1. The molecule has 0 saturated carbocycles. The molecule has 0 heterocycles. The third-order valence-electron chi connectivity index (χ3n) is 2.66. The minimum absolute atomic E-state index is 0.0213. The van der Waals surface area contributed by atoms with Gasteiger partial charge in [-0.25, -0.2) is 0 Å². The smallest absolute Gasteiger partial charge is 0.307 e. The Kier molecular flexibility index (Phi) is 6.68. The van der Waals surface area contributed by atoms with Gasteiger partial charge < -0.3 is 10.1 Å². The molecule has 0 saturated heterocycles. The van der Waals surface area contributed by atoms with E-state index < -0.39 is 6.04 Å². The number of esters is 1. The van der Waals surface area contributed by atoms with E-state index in [0.717, 1.165) is 0 Å². The van der Waals surface area contributed by atoms with E-state index in [0.29, 0.717) is 17.2 Å². The van der Waals surface area contributed by atoms with Gasteiger partial charge in [-0.05, 0) is 31.2 Å². The highest BCUT2D eigenvalue weighted by molar-refractivity contribution is 6.30. The molecule has 20 heavy (non-hydrogen) atoms. The molecule has 0 fully saturated rings. The molecule has 0 bridgehead atoms. The lowest BCUT2D eigenvalue weighted by Gasteiger charge is -2.19. The van der Waals surface area contributed by atoms with Crippen LogP contribution in [0.4, 0.5) is 0 Å². The Morgan fingerprint density at radius 2 is 1.85 bits per heavy atom. The van der Waals surface area contributed by atoms with Crippen LogP contribution in [0.2, 0.25) is 5.02 Å². The Labute approximate surface area is 124 Å². The van der Waals surface area contributed by atoms with Crippen molar-refractivity contribution in [1.29, 1.82) is 0 Å². The van der Waals surface area contributed by atoms with Crippen molar-refractivity contribution in [3.8, 4) is 0 Å². The number of Topliss-reactive ketones (excluding diaryl/α,β-unsaturated/α-hetero) is 1. The van der Waals surface area contributed by atoms with Crippen molar-refractivity contribution in [1.82, 2.24) is 5.32 Å². The molecular weight excluding hydrogens is 278 g/mol. The number of hydrogen-bond donors (Lipinski definition) is 1. The van der Waals surface area contributed by atoms with Crippen LogP contribution >= 0.6 is 11.6 Å². The third kappa shape index (κ3) is 5.31. The number of ether oxygens (including phenoxy) is 1. The van der Waals surface area contributed by atoms with Gasteiger partial charge in [-0.2, -0.15) is 0 Å². The van der Waals surface area contributed by atoms with Crippen LogP contribution in [0.5, 0.6) is 0 Å². The molecule has 0 spiro atoms. The van der Waals surface area contributed by atoms with Crippen molar-refractivity contribution in [2.75, 3.05) is 6.61 Å². The van der Waals surface area contributed by atoms with Gasteiger partial charge in [0.15, 0.2) is 5.78 Å². The summed E-state index contributed by atoms with van der Waals surface area (Å²) in [5.41, 5.74) is 0.525. The molecule has 1 aromatic rings. The first kappa shape index (κ1) is 16.7. The molecule has 1 rings (SSSR count). The van der Waals surface area contributed by atoms with Crippen LogP contribution in [0.25, 0.3) is 0 Å². The number of hydrogen-bond acceptors (Lipinski definition) is 4. The zero-order valence-corrected chi connectivity index (χ0v) is 12.7. The second-order valence-electron chi connectivity index (χ2n) is 4.75. The van der Waals surface area contributed by atoms with Crippen LogP contribution in [0.1, 0.15) is 37.6 Å². The minimum Gasteiger partial charge on any atom is -0.466 e. The predicted molar refractivity (Wildman–Crippen MR) is 79.1 cm³/mol. The predicted octanol–water partition coefficient (Wildman–Crippen LogP) is 2.84. The first-order valence-corrected chi connectivity index (χ1v) is 7.03. The van der Waals surface area contributed by atoms with Crippen LogP contribution in [-0.4, -0.2) is 30.4 Å². The summed E-state index contributed by atoms with van der Waals surface area (Å²) in [7, 11) is 0. The zero-order chi connectivity index (χ0) is 15.1. The maximum absolute atomic E-state index is 12.4. The Bertz CT molecular complexity index is 457. The highest BCUT2D eigenvalue weighted by atomic mass is 35.5. The molecule has 0 aliphatic rings. The summed E-state index contributed by atoms with van der Waals surface area (Å²) >= 11 is 5.80. The van der Waals surface area contributed by atoms with Crippen LogP contribution < -0.4 is 5.32 Å². The van der Waals surface area contributed by atoms with E-state index in [4.69, 9.17) is 16.3 Å². The highest BCUT2D eigenvalue weighted by Crippen LogP contribution is 2.13. The van der Waals surface area contributed by atoms with E-state index in [-0.39, 0.29) is 24.2 Å². The van der Waals surface area contributed by atoms with E-state index in [2.05, 4.69) is 5.32 Å². The molecule has 110 valence electrons. The number of carbonyl (C=O) groups is 2. The molecule has 4 nitrogen and oxygen atoms in total. The largest absolute Gasteiger partial charge is 0.466 e. The summed E-state index contributed by atoms with van der Waals surface area (Å²) in [6.07, 6.45) is 0.0213. The maximum Gasteiger partial charge on any atom is 0.307 e. The summed E-state index contributed by atoms with van der Waals surface area (Å²) in [6.45, 7) is 5.90. The SMILES string of the molecule is CCOC(=O)CC(NC(C)C)C(=O)c1ccc(Cl)cc1. The van der Waals surface area contributed by atoms with Crippen molar-refractivity contribution in [2.45, 2.75) is 39.3 Å². The van der Waals surface area contributed by atoms with Gasteiger partial charge in [0.2, 0.25) is 0 Å². The summed E-state index contributed by atoms with van der Waals surface area (Å²) in [4.78, 5) is 24.0. The Morgan fingerprint density at radius 3 is 2.35 bits per heavy atom. The fourth-order valence-electron chi connectivity index (χ4n) is 1.83. The molecule has 0 amide bonds.